The van der Waals surface area contributed by atoms with E-state index < -0.39 is 5.82 Å². The molecule has 1 fully saturated rings. The first-order valence-corrected chi connectivity index (χ1v) is 6.86. The molecule has 0 saturated carbocycles. The minimum absolute atomic E-state index is 0.0558. The molecule has 1 aliphatic rings. The van der Waals surface area contributed by atoms with Crippen molar-refractivity contribution in [3.05, 3.63) is 29.6 Å². The van der Waals surface area contributed by atoms with Crippen LogP contribution in [-0.2, 0) is 0 Å². The summed E-state index contributed by atoms with van der Waals surface area (Å²) >= 11 is 1.85. The Balaban J connectivity index is 2.18. The van der Waals surface area contributed by atoms with Crippen molar-refractivity contribution in [2.45, 2.75) is 18.6 Å². The van der Waals surface area contributed by atoms with E-state index in [2.05, 4.69) is 13.8 Å². The Morgan fingerprint density at radius 1 is 1.50 bits per heavy atom. The van der Waals surface area contributed by atoms with Crippen molar-refractivity contribution in [3.8, 4) is 0 Å². The maximum atomic E-state index is 13.4. The van der Waals surface area contributed by atoms with Gasteiger partial charge >= 0.3 is 0 Å². The predicted molar refractivity (Wildman–Crippen MR) is 73.3 cm³/mol. The number of nitrogens with two attached hydrogens (primary N) is 1. The molecule has 1 amide bonds. The number of nitrogen functional groups attached to an aromatic ring is 1. The third-order valence-corrected chi connectivity index (χ3v) is 4.26. The van der Waals surface area contributed by atoms with Crippen LogP contribution in [0.3, 0.4) is 0 Å². The van der Waals surface area contributed by atoms with Gasteiger partial charge in [0.1, 0.15) is 5.82 Å². The molecule has 3 nitrogen and oxygen atoms in total. The number of benzene rings is 1. The Bertz CT molecular complexity index is 476. The van der Waals surface area contributed by atoms with Crippen molar-refractivity contribution in [2.75, 3.05) is 24.6 Å². The minimum Gasteiger partial charge on any atom is -0.396 e. The number of rotatable bonds is 1. The van der Waals surface area contributed by atoms with Crippen LogP contribution in [0.15, 0.2) is 18.2 Å². The third kappa shape index (κ3) is 2.77. The second-order valence-corrected chi connectivity index (χ2v) is 6.87. The lowest BCUT2D eigenvalue weighted by atomic mass is 10.1. The summed E-state index contributed by atoms with van der Waals surface area (Å²) in [5, 5.41) is 0. The first-order chi connectivity index (χ1) is 8.39. The quantitative estimate of drug-likeness (QED) is 0.795. The van der Waals surface area contributed by atoms with Gasteiger partial charge in [-0.1, -0.05) is 0 Å². The number of hydrogen-bond donors (Lipinski definition) is 1. The van der Waals surface area contributed by atoms with Gasteiger partial charge in [0.2, 0.25) is 0 Å². The van der Waals surface area contributed by atoms with Gasteiger partial charge in [0, 0.05) is 29.2 Å². The monoisotopic (exact) mass is 268 g/mol. The van der Waals surface area contributed by atoms with Gasteiger partial charge in [-0.25, -0.2) is 4.39 Å². The summed E-state index contributed by atoms with van der Waals surface area (Å²) in [4.78, 5) is 14.0. The van der Waals surface area contributed by atoms with E-state index >= 15 is 0 Å². The summed E-state index contributed by atoms with van der Waals surface area (Å²) in [5.41, 5.74) is 5.84. The van der Waals surface area contributed by atoms with Gasteiger partial charge in [0.25, 0.3) is 5.91 Å². The normalized spacial score (nSPS) is 18.7. The summed E-state index contributed by atoms with van der Waals surface area (Å²) in [6.45, 7) is 5.61. The molecule has 98 valence electrons. The molecule has 1 aromatic rings. The fraction of sp³-hybridized carbons (Fsp3) is 0.462. The highest BCUT2D eigenvalue weighted by atomic mass is 32.2. The fourth-order valence-electron chi connectivity index (χ4n) is 2.03. The number of halogens is 1. The van der Waals surface area contributed by atoms with Gasteiger partial charge in [-0.05, 0) is 32.0 Å². The number of anilines is 1. The molecule has 0 bridgehead atoms. The van der Waals surface area contributed by atoms with Gasteiger partial charge in [-0.3, -0.25) is 4.79 Å². The smallest absolute Gasteiger partial charge is 0.254 e. The number of thioether (sulfide) groups is 1. The molecular formula is C13H17FN2OS. The molecule has 2 rings (SSSR count). The first-order valence-electron chi connectivity index (χ1n) is 5.87. The summed E-state index contributed by atoms with van der Waals surface area (Å²) < 4.78 is 13.4. The maximum absolute atomic E-state index is 13.4. The fourth-order valence-corrected chi connectivity index (χ4v) is 3.14. The maximum Gasteiger partial charge on any atom is 0.254 e. The molecule has 1 heterocycles. The lowest BCUT2D eigenvalue weighted by molar-refractivity contribution is 0.0747. The van der Waals surface area contributed by atoms with Gasteiger partial charge in [-0.15, -0.1) is 0 Å². The van der Waals surface area contributed by atoms with E-state index in [0.29, 0.717) is 18.7 Å². The van der Waals surface area contributed by atoms with Gasteiger partial charge in [0.05, 0.1) is 5.69 Å². The molecule has 0 aromatic heterocycles. The second kappa shape index (κ2) is 4.80. The molecule has 0 aliphatic carbocycles. The molecule has 0 unspecified atom stereocenters. The van der Waals surface area contributed by atoms with E-state index in [-0.39, 0.29) is 16.3 Å². The van der Waals surface area contributed by atoms with Gasteiger partial charge < -0.3 is 10.6 Å². The number of amides is 1. The number of carbonyl (C=O) groups excluding carboxylic acids is 1. The van der Waals surface area contributed by atoms with E-state index in [0.717, 1.165) is 5.75 Å². The molecular weight excluding hydrogens is 251 g/mol. The molecule has 0 atom stereocenters. The molecule has 0 spiro atoms. The standard InChI is InChI=1S/C13H17FN2OS/c1-13(2)8-16(5-6-18-13)12(17)9-3-4-11(15)10(14)7-9/h3-4,7H,5-6,8,15H2,1-2H3. The highest BCUT2D eigenvalue weighted by Crippen LogP contribution is 2.30. The summed E-state index contributed by atoms with van der Waals surface area (Å²) in [7, 11) is 0. The zero-order chi connectivity index (χ0) is 13.3. The van der Waals surface area contributed by atoms with Crippen LogP contribution in [-0.4, -0.2) is 34.4 Å². The largest absolute Gasteiger partial charge is 0.396 e. The summed E-state index contributed by atoms with van der Waals surface area (Å²) in [6, 6.07) is 4.23. The van der Waals surface area contributed by atoms with Crippen LogP contribution in [0.1, 0.15) is 24.2 Å². The Hall–Kier alpha value is -1.23. The van der Waals surface area contributed by atoms with E-state index in [1.807, 2.05) is 11.8 Å². The van der Waals surface area contributed by atoms with Crippen molar-refractivity contribution in [1.29, 1.82) is 0 Å². The lowest BCUT2D eigenvalue weighted by Crippen LogP contribution is -2.46. The zero-order valence-corrected chi connectivity index (χ0v) is 11.4. The van der Waals surface area contributed by atoms with E-state index in [1.54, 1.807) is 11.0 Å². The van der Waals surface area contributed by atoms with Crippen molar-refractivity contribution in [2.24, 2.45) is 0 Å². The van der Waals surface area contributed by atoms with E-state index in [4.69, 9.17) is 5.73 Å². The lowest BCUT2D eigenvalue weighted by Gasteiger charge is -2.37. The predicted octanol–water partition coefficient (Wildman–Crippen LogP) is 2.38. The third-order valence-electron chi connectivity index (χ3n) is 2.96. The summed E-state index contributed by atoms with van der Waals surface area (Å²) in [5.74, 6) is 0.254. The van der Waals surface area contributed by atoms with Gasteiger partial charge in [-0.2, -0.15) is 11.8 Å². The molecule has 1 aliphatic heterocycles. The molecule has 18 heavy (non-hydrogen) atoms. The van der Waals surface area contributed by atoms with Crippen LogP contribution >= 0.6 is 11.8 Å². The van der Waals surface area contributed by atoms with Crippen LogP contribution in [0, 0.1) is 5.82 Å². The van der Waals surface area contributed by atoms with Crippen LogP contribution in [0.4, 0.5) is 10.1 Å². The van der Waals surface area contributed by atoms with Crippen LogP contribution in [0.5, 0.6) is 0 Å². The minimum atomic E-state index is -0.536. The average molecular weight is 268 g/mol. The van der Waals surface area contributed by atoms with Crippen LogP contribution < -0.4 is 5.73 Å². The molecule has 0 radical (unpaired) electrons. The van der Waals surface area contributed by atoms with Crippen LogP contribution in [0.25, 0.3) is 0 Å². The molecule has 5 heteroatoms. The number of nitrogens with zero attached hydrogens (tertiary/aromatic N) is 1. The molecule has 1 aromatic carbocycles. The first kappa shape index (κ1) is 13.2. The van der Waals surface area contributed by atoms with Crippen LogP contribution in [0.2, 0.25) is 0 Å². The summed E-state index contributed by atoms with van der Waals surface area (Å²) in [6.07, 6.45) is 0. The zero-order valence-electron chi connectivity index (χ0n) is 10.6. The second-order valence-electron chi connectivity index (χ2n) is 5.07. The Labute approximate surface area is 111 Å². The number of carbonyl (C=O) groups is 1. The van der Waals surface area contributed by atoms with Crippen molar-refractivity contribution >= 4 is 23.4 Å². The van der Waals surface area contributed by atoms with E-state index in [1.165, 1.54) is 12.1 Å². The van der Waals surface area contributed by atoms with E-state index in [9.17, 15) is 9.18 Å². The van der Waals surface area contributed by atoms with Crippen molar-refractivity contribution < 1.29 is 9.18 Å². The Morgan fingerprint density at radius 2 is 2.22 bits per heavy atom. The Kier molecular flexibility index (Phi) is 3.52. The van der Waals surface area contributed by atoms with Crippen molar-refractivity contribution in [1.82, 2.24) is 4.90 Å². The highest BCUT2D eigenvalue weighted by Gasteiger charge is 2.30. The SMILES string of the molecule is CC1(C)CN(C(=O)c2ccc(N)c(F)c2)CCS1. The Morgan fingerprint density at radius 3 is 2.83 bits per heavy atom. The molecule has 2 N–H and O–H groups in total. The highest BCUT2D eigenvalue weighted by molar-refractivity contribution is 8.00. The number of hydrogen-bond acceptors (Lipinski definition) is 3. The van der Waals surface area contributed by atoms with Gasteiger partial charge in [0.15, 0.2) is 0 Å². The molecule has 1 saturated heterocycles. The average Bonchev–Trinajstić information content (AvgIpc) is 2.30. The van der Waals surface area contributed by atoms with Crippen molar-refractivity contribution in [3.63, 3.8) is 0 Å². The topological polar surface area (TPSA) is 46.3 Å².